The van der Waals surface area contributed by atoms with Crippen molar-refractivity contribution < 1.29 is 18.4 Å². The number of nitrogens with zero attached hydrogens (tertiary/aromatic N) is 3. The van der Waals surface area contributed by atoms with Gasteiger partial charge in [0.25, 0.3) is 0 Å². The molecule has 2 rings (SSSR count). The van der Waals surface area contributed by atoms with Crippen LogP contribution < -0.4 is 5.32 Å². The highest BCUT2D eigenvalue weighted by Crippen LogP contribution is 2.16. The van der Waals surface area contributed by atoms with E-state index in [-0.39, 0.29) is 11.9 Å². The van der Waals surface area contributed by atoms with Crippen LogP contribution in [0.25, 0.3) is 0 Å². The number of hydroxylamine groups is 2. The van der Waals surface area contributed by atoms with Gasteiger partial charge in [0.2, 0.25) is 16.4 Å². The van der Waals surface area contributed by atoms with Gasteiger partial charge in [-0.1, -0.05) is 32.3 Å². The largest absolute Gasteiger partial charge is 0.372 e. The van der Waals surface area contributed by atoms with E-state index in [0.29, 0.717) is 44.1 Å². The zero-order valence-electron chi connectivity index (χ0n) is 15.3. The number of carbonyl (C=O) groups excluding carboxylic acids is 1. The second-order valence-corrected chi connectivity index (χ2v) is 8.72. The molecule has 2 unspecified atom stereocenters. The summed E-state index contributed by atoms with van der Waals surface area (Å²) in [5.41, 5.74) is 0. The second-order valence-electron chi connectivity index (χ2n) is 6.70. The van der Waals surface area contributed by atoms with Gasteiger partial charge in [-0.2, -0.15) is 4.31 Å². The fraction of sp³-hybridized carbons (Fsp3) is 0.706. The van der Waals surface area contributed by atoms with Crippen molar-refractivity contribution in [1.82, 2.24) is 19.6 Å². The predicted octanol–water partition coefficient (Wildman–Crippen LogP) is 0.730. The molecule has 0 radical (unpaired) electrons. The summed E-state index contributed by atoms with van der Waals surface area (Å²) in [7, 11) is -3.54. The first-order valence-electron chi connectivity index (χ1n) is 9.21. The lowest BCUT2D eigenvalue weighted by Crippen LogP contribution is -2.55. The number of rotatable bonds is 10. The number of unbranched alkanes of at least 4 members (excludes halogenated alkanes) is 2. The molecule has 0 bridgehead atoms. The third-order valence-electron chi connectivity index (χ3n) is 4.85. The Morgan fingerprint density at radius 2 is 2.00 bits per heavy atom. The SMILES string of the molecule is CCCCCC(CS(=O)(=O)N1CCN(C2C=CC=CN2)CC1)N(O)C=O. The Morgan fingerprint density at radius 1 is 1.27 bits per heavy atom. The molecule has 2 aliphatic rings. The normalized spacial score (nSPS) is 22.8. The minimum absolute atomic E-state index is 0.0923. The summed E-state index contributed by atoms with van der Waals surface area (Å²) in [6.45, 7) is 4.13. The molecule has 2 N–H and O–H groups in total. The molecule has 0 aliphatic carbocycles. The fourth-order valence-electron chi connectivity index (χ4n) is 3.28. The van der Waals surface area contributed by atoms with Crippen molar-refractivity contribution in [3.8, 4) is 0 Å². The summed E-state index contributed by atoms with van der Waals surface area (Å²) in [6, 6.07) is -0.699. The summed E-state index contributed by atoms with van der Waals surface area (Å²) in [4.78, 5) is 13.1. The summed E-state index contributed by atoms with van der Waals surface area (Å²) < 4.78 is 27.0. The quantitative estimate of drug-likeness (QED) is 0.249. The molecule has 0 saturated carbocycles. The average Bonchev–Trinajstić information content (AvgIpc) is 2.67. The summed E-state index contributed by atoms with van der Waals surface area (Å²) >= 11 is 0. The summed E-state index contributed by atoms with van der Waals surface area (Å²) in [5, 5.41) is 13.5. The van der Waals surface area contributed by atoms with Gasteiger partial charge >= 0.3 is 0 Å². The van der Waals surface area contributed by atoms with Crippen molar-refractivity contribution in [3.05, 3.63) is 24.4 Å². The number of dihydropyridines is 1. The van der Waals surface area contributed by atoms with E-state index in [9.17, 15) is 18.4 Å². The Bertz CT molecular complexity index is 600. The highest BCUT2D eigenvalue weighted by atomic mass is 32.2. The van der Waals surface area contributed by atoms with Gasteiger partial charge in [0.1, 0.15) is 0 Å². The number of carbonyl (C=O) groups is 1. The molecule has 1 saturated heterocycles. The molecule has 0 aromatic rings. The Kier molecular flexibility index (Phi) is 8.08. The van der Waals surface area contributed by atoms with Crippen LogP contribution in [0, 0.1) is 0 Å². The highest BCUT2D eigenvalue weighted by Gasteiger charge is 2.32. The van der Waals surface area contributed by atoms with Gasteiger partial charge in [0.15, 0.2) is 0 Å². The van der Waals surface area contributed by atoms with Crippen LogP contribution in [-0.2, 0) is 14.8 Å². The zero-order chi connectivity index (χ0) is 19.0. The topological polar surface area (TPSA) is 93.2 Å². The number of nitrogens with one attached hydrogen (secondary N) is 1. The van der Waals surface area contributed by atoms with E-state index in [1.807, 2.05) is 31.4 Å². The molecular formula is C17H30N4O4S. The van der Waals surface area contributed by atoms with Crippen molar-refractivity contribution in [2.75, 3.05) is 31.9 Å². The van der Waals surface area contributed by atoms with Crippen LogP contribution in [0.1, 0.15) is 32.6 Å². The minimum Gasteiger partial charge on any atom is -0.372 e. The third-order valence-corrected chi connectivity index (χ3v) is 6.81. The van der Waals surface area contributed by atoms with E-state index in [1.54, 1.807) is 0 Å². The van der Waals surface area contributed by atoms with Gasteiger partial charge in [0, 0.05) is 26.2 Å². The minimum atomic E-state index is -3.54. The monoisotopic (exact) mass is 386 g/mol. The lowest BCUT2D eigenvalue weighted by molar-refractivity contribution is -0.158. The summed E-state index contributed by atoms with van der Waals surface area (Å²) in [5.74, 6) is -0.240. The molecule has 2 atom stereocenters. The van der Waals surface area contributed by atoms with Gasteiger partial charge in [0.05, 0.1) is 18.0 Å². The summed E-state index contributed by atoms with van der Waals surface area (Å²) in [6.07, 6.45) is 11.4. The van der Waals surface area contributed by atoms with Crippen molar-refractivity contribution in [2.24, 2.45) is 0 Å². The molecule has 26 heavy (non-hydrogen) atoms. The maximum Gasteiger partial charge on any atom is 0.233 e. The van der Waals surface area contributed by atoms with E-state index in [2.05, 4.69) is 10.2 Å². The molecule has 148 valence electrons. The molecule has 2 heterocycles. The number of amides is 1. The van der Waals surface area contributed by atoms with Crippen LogP contribution in [0.4, 0.5) is 0 Å². The second kappa shape index (κ2) is 10.1. The first-order valence-corrected chi connectivity index (χ1v) is 10.8. The Hall–Kier alpha value is -1.42. The van der Waals surface area contributed by atoms with Crippen LogP contribution in [-0.4, -0.2) is 78.4 Å². The van der Waals surface area contributed by atoms with Crippen LogP contribution in [0.3, 0.4) is 0 Å². The predicted molar refractivity (Wildman–Crippen MR) is 99.8 cm³/mol. The van der Waals surface area contributed by atoms with Gasteiger partial charge in [-0.05, 0) is 24.8 Å². The number of piperazine rings is 1. The lowest BCUT2D eigenvalue weighted by atomic mass is 10.1. The van der Waals surface area contributed by atoms with Crippen molar-refractivity contribution in [2.45, 2.75) is 44.8 Å². The number of hydrogen-bond acceptors (Lipinski definition) is 6. The molecule has 0 spiro atoms. The van der Waals surface area contributed by atoms with Gasteiger partial charge in [-0.15, -0.1) is 0 Å². The standard InChI is InChI=1S/C17H30N4O4S/c1-2-3-4-7-16(21(23)15-22)14-26(24,25)20-12-10-19(11-13-20)17-8-5-6-9-18-17/h5-6,8-9,15-18,23H,2-4,7,10-14H2,1H3. The fourth-order valence-corrected chi connectivity index (χ4v) is 5.01. The molecule has 8 nitrogen and oxygen atoms in total. The van der Waals surface area contributed by atoms with Gasteiger partial charge in [-0.25, -0.2) is 13.5 Å². The lowest BCUT2D eigenvalue weighted by Gasteiger charge is -2.38. The maximum atomic E-state index is 12.7. The van der Waals surface area contributed by atoms with E-state index in [4.69, 9.17) is 0 Å². The van der Waals surface area contributed by atoms with Crippen LogP contribution in [0.2, 0.25) is 0 Å². The Balaban J connectivity index is 1.90. The first-order chi connectivity index (χ1) is 12.5. The van der Waals surface area contributed by atoms with E-state index >= 15 is 0 Å². The number of hydrogen-bond donors (Lipinski definition) is 2. The van der Waals surface area contributed by atoms with Crippen molar-refractivity contribution in [3.63, 3.8) is 0 Å². The maximum absolute atomic E-state index is 12.7. The smallest absolute Gasteiger partial charge is 0.233 e. The molecule has 1 fully saturated rings. The van der Waals surface area contributed by atoms with Crippen LogP contribution >= 0.6 is 0 Å². The number of allylic oxidation sites excluding steroid dienone is 2. The van der Waals surface area contributed by atoms with E-state index in [0.717, 1.165) is 19.3 Å². The zero-order valence-corrected chi connectivity index (χ0v) is 16.1. The molecule has 0 aromatic heterocycles. The van der Waals surface area contributed by atoms with Gasteiger partial charge in [-0.3, -0.25) is 14.9 Å². The Morgan fingerprint density at radius 3 is 2.58 bits per heavy atom. The molecule has 9 heteroatoms. The molecular weight excluding hydrogens is 356 g/mol. The van der Waals surface area contributed by atoms with Crippen LogP contribution in [0.5, 0.6) is 0 Å². The molecule has 1 amide bonds. The molecule has 0 aromatic carbocycles. The third kappa shape index (κ3) is 5.80. The van der Waals surface area contributed by atoms with Crippen molar-refractivity contribution in [1.29, 1.82) is 0 Å². The number of sulfonamides is 1. The molecule has 2 aliphatic heterocycles. The first kappa shape index (κ1) is 20.9. The van der Waals surface area contributed by atoms with E-state index in [1.165, 1.54) is 4.31 Å². The van der Waals surface area contributed by atoms with Crippen LogP contribution in [0.15, 0.2) is 24.4 Å². The van der Waals surface area contributed by atoms with Crippen molar-refractivity contribution >= 4 is 16.4 Å². The highest BCUT2D eigenvalue weighted by molar-refractivity contribution is 7.89. The Labute approximate surface area is 156 Å². The average molecular weight is 387 g/mol. The van der Waals surface area contributed by atoms with E-state index < -0.39 is 16.1 Å². The van der Waals surface area contributed by atoms with Gasteiger partial charge < -0.3 is 5.32 Å².